The largest absolute Gasteiger partial charge is 0.220 e. The summed E-state index contributed by atoms with van der Waals surface area (Å²) in [4.78, 5) is 0. The highest BCUT2D eigenvalue weighted by atomic mass is 28.3. The number of rotatable bonds is 17. The van der Waals surface area contributed by atoms with Crippen LogP contribution in [0.3, 0.4) is 0 Å². The number of nitrogens with zero attached hydrogens (tertiary/aromatic N) is 4. The van der Waals surface area contributed by atoms with Gasteiger partial charge in [-0.05, 0) is 255 Å². The number of benzene rings is 8. The number of fused-ring (bicyclic) bond motifs is 4. The molecule has 0 spiro atoms. The van der Waals surface area contributed by atoms with Crippen LogP contribution in [0.25, 0.3) is 88.1 Å². The van der Waals surface area contributed by atoms with Crippen molar-refractivity contribution in [2.75, 3.05) is 0 Å². The Kier molecular flexibility index (Phi) is 29.6. The third-order valence-corrected chi connectivity index (χ3v) is 57.6. The minimum Gasteiger partial charge on any atom is -0.200 e. The Morgan fingerprint density at radius 1 is 0.283 bits per heavy atom. The van der Waals surface area contributed by atoms with Crippen molar-refractivity contribution >= 4 is 96.1 Å². The lowest BCUT2D eigenvalue weighted by Gasteiger charge is -2.50. The van der Waals surface area contributed by atoms with Crippen molar-refractivity contribution in [3.05, 3.63) is 237 Å². The van der Waals surface area contributed by atoms with Gasteiger partial charge in [-0.1, -0.05) is 291 Å². The molecule has 0 aliphatic carbocycles. The molecule has 12 rings (SSSR count). The van der Waals surface area contributed by atoms with Crippen LogP contribution in [0.5, 0.6) is 0 Å². The van der Waals surface area contributed by atoms with E-state index in [4.69, 9.17) is 0 Å². The van der Waals surface area contributed by atoms with Gasteiger partial charge in [0.05, 0.1) is 76.1 Å². The number of hydrogen-bond donors (Lipinski definition) is 0. The Morgan fingerprint density at radius 2 is 0.525 bits per heavy atom. The average Bonchev–Trinajstić information content (AvgIpc) is 0.737. The zero-order valence-corrected chi connectivity index (χ0v) is 86.9. The van der Waals surface area contributed by atoms with E-state index >= 15 is 0 Å². The van der Waals surface area contributed by atoms with Crippen molar-refractivity contribution in [1.82, 2.24) is 0 Å². The molecule has 8 heteroatoms. The standard InChI is InChI=1S/2C29H42NSi.C28H40NSi.C26H36NSi/c1-12-22-17-20(2)21(3)26(18-22)27-25-14-13-24(19-23(25)15-16-30(27)10)31(11,28(4,5)6)29(7,8)9;1-11-24-16-22(8)23(9)28(17-24)29-27-13-12-26(18-25(27)14-15-30(29)10)31(19(2)3,20(4)5)21(6)7;1-10-22-17-20(4)21(5)26(18-22)27-25-14-13-24(19-23(25)15-16-29(27)9)30(11-2,12-3)28(6,7)8;1-10-20-15-18(2)19(3)24(16-20)25-23-12-11-22(28(8,9)26(4,5)6)17-21(23)13-14-27(25)7/h13-19H,12H2,1-11H3;12-21H,11H2,1-10H3;13-19H,10-12H2,1-9H3;11-17H,10H2,1-9H3/q4*+1. The van der Waals surface area contributed by atoms with E-state index in [1.807, 2.05) is 0 Å². The summed E-state index contributed by atoms with van der Waals surface area (Å²) in [5.41, 5.74) is 29.7. The molecule has 0 saturated carbocycles. The molecule has 4 aromatic heterocycles. The fourth-order valence-corrected chi connectivity index (χ4v) is 39.9. The van der Waals surface area contributed by atoms with E-state index in [0.717, 1.165) is 42.3 Å². The van der Waals surface area contributed by atoms with Gasteiger partial charge in [-0.3, -0.25) is 0 Å². The first-order valence-electron chi connectivity index (χ1n) is 46.0. The van der Waals surface area contributed by atoms with E-state index in [-0.39, 0.29) is 10.1 Å². The van der Waals surface area contributed by atoms with Crippen LogP contribution in [-0.4, -0.2) is 32.3 Å². The predicted octanol–water partition coefficient (Wildman–Crippen LogP) is 28.0. The maximum absolute atomic E-state index is 2.58. The molecule has 0 N–H and O–H groups in total. The Hall–Kier alpha value is -7.73. The maximum atomic E-state index is 2.58. The third kappa shape index (κ3) is 18.3. The second kappa shape index (κ2) is 37.0. The quantitative estimate of drug-likeness (QED) is 0.0638. The van der Waals surface area contributed by atoms with Crippen LogP contribution in [0.4, 0.5) is 0 Å². The number of pyridine rings is 4. The van der Waals surface area contributed by atoms with Crippen LogP contribution in [0.1, 0.15) is 233 Å². The van der Waals surface area contributed by atoms with Gasteiger partial charge in [0.1, 0.15) is 28.2 Å². The van der Waals surface area contributed by atoms with Crippen LogP contribution in [-0.2, 0) is 53.9 Å². The van der Waals surface area contributed by atoms with Gasteiger partial charge in [0.2, 0.25) is 22.8 Å². The second-order valence-electron chi connectivity index (χ2n) is 42.0. The number of hydrogen-bond acceptors (Lipinski definition) is 0. The van der Waals surface area contributed by atoms with Gasteiger partial charge in [0.25, 0.3) is 0 Å². The van der Waals surface area contributed by atoms with Crippen molar-refractivity contribution in [3.8, 4) is 45.0 Å². The molecule has 4 nitrogen and oxygen atoms in total. The fraction of sp³-hybridized carbons (Fsp3) is 0.464. The predicted molar refractivity (Wildman–Crippen MR) is 542 cm³/mol. The number of aryl methyl sites for hydroxylation is 12. The average molecular weight is 1670 g/mol. The zero-order chi connectivity index (χ0) is 89.6. The van der Waals surface area contributed by atoms with Crippen molar-refractivity contribution in [3.63, 3.8) is 0 Å². The first-order valence-corrected chi connectivity index (χ1v) is 56.1. The minimum absolute atomic E-state index is 0.282. The highest BCUT2D eigenvalue weighted by Crippen LogP contribution is 2.52. The molecule has 0 fully saturated rings. The summed E-state index contributed by atoms with van der Waals surface area (Å²) < 4.78 is 9.20. The fourth-order valence-electron chi connectivity index (χ4n) is 21.2. The minimum atomic E-state index is -1.80. The van der Waals surface area contributed by atoms with Gasteiger partial charge in [0.15, 0.2) is 24.8 Å². The molecule has 0 aliphatic heterocycles. The van der Waals surface area contributed by atoms with Gasteiger partial charge in [-0.25, -0.2) is 18.3 Å². The second-order valence-corrected chi connectivity index (χ2v) is 64.7. The first kappa shape index (κ1) is 96.1. The molecular formula is C112H160N4Si4+4. The zero-order valence-electron chi connectivity index (χ0n) is 82.9. The molecule has 0 bridgehead atoms. The van der Waals surface area contributed by atoms with Crippen LogP contribution in [0.15, 0.2) is 170 Å². The van der Waals surface area contributed by atoms with Gasteiger partial charge in [-0.2, -0.15) is 0 Å². The summed E-state index contributed by atoms with van der Waals surface area (Å²) in [5.74, 6) is 0. The Labute approximate surface area is 735 Å². The molecule has 0 saturated heterocycles. The molecule has 12 aromatic rings. The van der Waals surface area contributed by atoms with Crippen LogP contribution < -0.4 is 39.0 Å². The van der Waals surface area contributed by atoms with Gasteiger partial charge in [0, 0.05) is 24.3 Å². The molecule has 0 amide bonds. The molecule has 0 aliphatic rings. The van der Waals surface area contributed by atoms with E-state index in [1.165, 1.54) is 167 Å². The summed E-state index contributed by atoms with van der Waals surface area (Å²) in [6, 6.07) is 60.1. The number of aromatic nitrogens is 4. The summed E-state index contributed by atoms with van der Waals surface area (Å²) in [6.45, 7) is 83.3. The van der Waals surface area contributed by atoms with Crippen molar-refractivity contribution in [2.45, 2.75) is 316 Å². The molecule has 120 heavy (non-hydrogen) atoms. The van der Waals surface area contributed by atoms with E-state index < -0.39 is 32.3 Å². The lowest BCUT2D eigenvalue weighted by atomic mass is 9.93. The smallest absolute Gasteiger partial charge is 0.200 e. The highest BCUT2D eigenvalue weighted by molar-refractivity contribution is 6.96. The Balaban J connectivity index is 0.000000182. The monoisotopic (exact) mass is 1670 g/mol. The molecule has 0 radical (unpaired) electrons. The SMILES string of the molecule is CCc1cc(C)c(C)c(-c2c3ccc([Si](C(C)C)(C(C)C)C(C)C)cc3cc[n+]2C)c1.CCc1cc(C)c(C)c(-c2c3ccc([Si](C)(C(C)(C)C)C(C)(C)C)cc3cc[n+]2C)c1.CCc1cc(C)c(C)c(-c2c3ccc([Si](C)(C)C(C)(C)C)cc3cc[n+]2C)c1.CCc1cc(C)c(C)c(-c2c3ccc([Si](CC)(CC)C(C)(C)C)cc3cc[n+]2C)c1. The van der Waals surface area contributed by atoms with Crippen molar-refractivity contribution in [2.24, 2.45) is 28.2 Å². The van der Waals surface area contributed by atoms with Crippen LogP contribution in [0, 0.1) is 55.4 Å². The summed E-state index contributed by atoms with van der Waals surface area (Å²) >= 11 is 0. The normalized spacial score (nSPS) is 12.7. The van der Waals surface area contributed by atoms with E-state index in [9.17, 15) is 0 Å². The Bertz CT molecular complexity index is 5550. The molecule has 0 atom stereocenters. The summed E-state index contributed by atoms with van der Waals surface area (Å²) in [5, 5.41) is 18.5. The molecule has 0 unspecified atom stereocenters. The topological polar surface area (TPSA) is 15.5 Å². The van der Waals surface area contributed by atoms with E-state index in [2.05, 4.69) is 458 Å². The van der Waals surface area contributed by atoms with E-state index in [0.29, 0.717) is 10.1 Å². The molecule has 640 valence electrons. The third-order valence-electron chi connectivity index (χ3n) is 30.8. The first-order chi connectivity index (χ1) is 55.8. The Morgan fingerprint density at radius 3 is 0.767 bits per heavy atom. The lowest BCUT2D eigenvalue weighted by molar-refractivity contribution is -0.659. The molecule has 4 heterocycles. The van der Waals surface area contributed by atoms with Gasteiger partial charge >= 0.3 is 0 Å². The van der Waals surface area contributed by atoms with Gasteiger partial charge < -0.3 is 0 Å². The molecule has 8 aromatic carbocycles. The van der Waals surface area contributed by atoms with Gasteiger partial charge in [-0.15, -0.1) is 0 Å². The van der Waals surface area contributed by atoms with Crippen LogP contribution >= 0.6 is 0 Å². The summed E-state index contributed by atoms with van der Waals surface area (Å²) in [7, 11) is 2.11. The molecular weight excluding hydrogens is 1510 g/mol. The summed E-state index contributed by atoms with van der Waals surface area (Å²) in [6.07, 6.45) is 13.2. The van der Waals surface area contributed by atoms with Crippen molar-refractivity contribution < 1.29 is 18.3 Å². The van der Waals surface area contributed by atoms with E-state index in [1.54, 1.807) is 20.7 Å². The lowest BCUT2D eigenvalue weighted by Crippen LogP contribution is -2.58. The highest BCUT2D eigenvalue weighted by Gasteiger charge is 2.51. The maximum Gasteiger partial charge on any atom is 0.220 e. The van der Waals surface area contributed by atoms with Crippen LogP contribution in [0.2, 0.25) is 68.5 Å². The van der Waals surface area contributed by atoms with Crippen molar-refractivity contribution in [1.29, 1.82) is 0 Å².